The number of nitrogens with one attached hydrogen (secondary N) is 1. The van der Waals surface area contributed by atoms with Gasteiger partial charge in [0.2, 0.25) is 10.0 Å². The molecule has 0 aliphatic carbocycles. The maximum Gasteiger partial charge on any atom is 0.240 e. The summed E-state index contributed by atoms with van der Waals surface area (Å²) in [6.07, 6.45) is 0. The average molecular weight is 315 g/mol. The molecular formula is C12H17N3O5S. The fourth-order valence-corrected chi connectivity index (χ4v) is 2.86. The maximum atomic E-state index is 12.2. The molecule has 1 aliphatic rings. The van der Waals surface area contributed by atoms with E-state index in [1.165, 1.54) is 12.1 Å². The van der Waals surface area contributed by atoms with Crippen LogP contribution >= 0.6 is 0 Å². The van der Waals surface area contributed by atoms with E-state index in [4.69, 9.17) is 20.4 Å². The zero-order chi connectivity index (χ0) is 15.5. The van der Waals surface area contributed by atoms with Crippen LogP contribution in [0.4, 0.5) is 0 Å². The molecule has 0 amide bonds. The zero-order valence-corrected chi connectivity index (χ0v) is 12.3. The maximum absolute atomic E-state index is 12.2. The average Bonchev–Trinajstić information content (AvgIpc) is 2.51. The van der Waals surface area contributed by atoms with Gasteiger partial charge in [-0.1, -0.05) is 12.1 Å². The number of sulfonamides is 1. The molecule has 2 rings (SSSR count). The van der Waals surface area contributed by atoms with Gasteiger partial charge in [-0.15, -0.1) is 0 Å². The number of nitrogens with zero attached hydrogens (tertiary/aromatic N) is 1. The lowest BCUT2D eigenvalue weighted by Crippen LogP contribution is -2.34. The predicted molar refractivity (Wildman–Crippen MR) is 75.2 cm³/mol. The highest BCUT2D eigenvalue weighted by Crippen LogP contribution is 2.32. The van der Waals surface area contributed by atoms with Crippen LogP contribution < -0.4 is 19.9 Å². The number of oxime groups is 1. The van der Waals surface area contributed by atoms with E-state index in [0.717, 1.165) is 0 Å². The van der Waals surface area contributed by atoms with Crippen LogP contribution in [0.5, 0.6) is 11.5 Å². The van der Waals surface area contributed by atoms with Crippen molar-refractivity contribution in [2.24, 2.45) is 16.8 Å². The van der Waals surface area contributed by atoms with E-state index in [0.29, 0.717) is 24.7 Å². The molecule has 1 heterocycles. The van der Waals surface area contributed by atoms with Crippen LogP contribution in [0.2, 0.25) is 0 Å². The molecule has 0 bridgehead atoms. The molecule has 0 spiro atoms. The Morgan fingerprint density at radius 1 is 1.43 bits per heavy atom. The Morgan fingerprint density at radius 2 is 2.10 bits per heavy atom. The van der Waals surface area contributed by atoms with Gasteiger partial charge in [0.05, 0.1) is 4.90 Å². The summed E-state index contributed by atoms with van der Waals surface area (Å²) in [5.41, 5.74) is 5.40. The Morgan fingerprint density at radius 3 is 2.76 bits per heavy atom. The summed E-state index contributed by atoms with van der Waals surface area (Å²) < 4.78 is 37.5. The molecular weight excluding hydrogens is 298 g/mol. The Balaban J connectivity index is 2.12. The van der Waals surface area contributed by atoms with Crippen molar-refractivity contribution >= 4 is 15.9 Å². The Bertz CT molecular complexity index is 644. The molecule has 0 radical (unpaired) electrons. The number of benzene rings is 1. The number of amidine groups is 1. The molecule has 1 aliphatic heterocycles. The fraction of sp³-hybridized carbons (Fsp3) is 0.417. The van der Waals surface area contributed by atoms with E-state index in [9.17, 15) is 8.42 Å². The summed E-state index contributed by atoms with van der Waals surface area (Å²) in [4.78, 5) is 0.0680. The first-order valence-corrected chi connectivity index (χ1v) is 7.79. The van der Waals surface area contributed by atoms with Crippen molar-refractivity contribution in [1.82, 2.24) is 4.72 Å². The van der Waals surface area contributed by atoms with Crippen molar-refractivity contribution in [2.45, 2.75) is 11.8 Å². The molecule has 0 fully saturated rings. The lowest BCUT2D eigenvalue weighted by Gasteiger charge is -2.19. The second-order valence-corrected chi connectivity index (χ2v) is 6.35. The largest absolute Gasteiger partial charge is 0.486 e. The highest BCUT2D eigenvalue weighted by molar-refractivity contribution is 7.89. The summed E-state index contributed by atoms with van der Waals surface area (Å²) in [5, 5.41) is 11.4. The van der Waals surface area contributed by atoms with Crippen molar-refractivity contribution in [2.75, 3.05) is 19.8 Å². The van der Waals surface area contributed by atoms with Crippen LogP contribution in [0.3, 0.4) is 0 Å². The second kappa shape index (κ2) is 6.19. The normalized spacial score (nSPS) is 16.5. The smallest absolute Gasteiger partial charge is 0.240 e. The standard InChI is InChI=1S/C12H17N3O5S/c1-8(12(13)15-16)7-14-21(17,18)9-2-3-10-11(6-9)20-5-4-19-10/h2-3,6,8,14,16H,4-5,7H2,1H3,(H2,13,15). The lowest BCUT2D eigenvalue weighted by atomic mass is 10.2. The molecule has 1 aromatic rings. The molecule has 1 unspecified atom stereocenters. The third kappa shape index (κ3) is 3.56. The highest BCUT2D eigenvalue weighted by Gasteiger charge is 2.20. The minimum atomic E-state index is -3.71. The molecule has 8 nitrogen and oxygen atoms in total. The zero-order valence-electron chi connectivity index (χ0n) is 11.4. The first kappa shape index (κ1) is 15.4. The van der Waals surface area contributed by atoms with Gasteiger partial charge in [-0.25, -0.2) is 13.1 Å². The number of rotatable bonds is 5. The molecule has 0 saturated carbocycles. The third-order valence-electron chi connectivity index (χ3n) is 3.02. The van der Waals surface area contributed by atoms with Gasteiger partial charge in [0.1, 0.15) is 19.0 Å². The van der Waals surface area contributed by atoms with Gasteiger partial charge < -0.3 is 20.4 Å². The van der Waals surface area contributed by atoms with E-state index in [-0.39, 0.29) is 17.3 Å². The summed E-state index contributed by atoms with van der Waals surface area (Å²) in [6, 6.07) is 4.39. The van der Waals surface area contributed by atoms with E-state index in [2.05, 4.69) is 9.88 Å². The van der Waals surface area contributed by atoms with Crippen molar-refractivity contribution in [3.63, 3.8) is 0 Å². The highest BCUT2D eigenvalue weighted by atomic mass is 32.2. The van der Waals surface area contributed by atoms with Crippen LogP contribution in [-0.4, -0.2) is 39.2 Å². The quantitative estimate of drug-likeness (QED) is 0.307. The molecule has 9 heteroatoms. The number of hydrogen-bond acceptors (Lipinski definition) is 6. The van der Waals surface area contributed by atoms with Gasteiger partial charge in [0, 0.05) is 18.5 Å². The van der Waals surface area contributed by atoms with E-state index >= 15 is 0 Å². The molecule has 1 aromatic carbocycles. The molecule has 21 heavy (non-hydrogen) atoms. The number of ether oxygens (including phenoxy) is 2. The van der Waals surface area contributed by atoms with Crippen LogP contribution in [0.15, 0.2) is 28.3 Å². The monoisotopic (exact) mass is 315 g/mol. The van der Waals surface area contributed by atoms with Gasteiger partial charge in [0.15, 0.2) is 11.5 Å². The first-order valence-electron chi connectivity index (χ1n) is 6.31. The molecule has 1 atom stereocenters. The number of nitrogens with two attached hydrogens (primary N) is 1. The Hall–Kier alpha value is -2.00. The fourth-order valence-electron chi connectivity index (χ4n) is 1.71. The number of hydrogen-bond donors (Lipinski definition) is 3. The van der Waals surface area contributed by atoms with Crippen LogP contribution in [0.1, 0.15) is 6.92 Å². The summed E-state index contributed by atoms with van der Waals surface area (Å²) in [5.74, 6) is 0.445. The second-order valence-electron chi connectivity index (χ2n) is 4.58. The van der Waals surface area contributed by atoms with Crippen molar-refractivity contribution < 1.29 is 23.1 Å². The SMILES string of the molecule is CC(CNS(=O)(=O)c1ccc2c(c1)OCCO2)C(N)=NO. The summed E-state index contributed by atoms with van der Waals surface area (Å²) >= 11 is 0. The lowest BCUT2D eigenvalue weighted by molar-refractivity contribution is 0.171. The first-order chi connectivity index (χ1) is 9.94. The van der Waals surface area contributed by atoms with Crippen LogP contribution in [0.25, 0.3) is 0 Å². The topological polar surface area (TPSA) is 123 Å². The van der Waals surface area contributed by atoms with Crippen LogP contribution in [-0.2, 0) is 10.0 Å². The van der Waals surface area contributed by atoms with Crippen molar-refractivity contribution in [3.8, 4) is 11.5 Å². The molecule has 0 aromatic heterocycles. The third-order valence-corrected chi connectivity index (χ3v) is 4.45. The van der Waals surface area contributed by atoms with Gasteiger partial charge in [-0.3, -0.25) is 0 Å². The van der Waals surface area contributed by atoms with Crippen molar-refractivity contribution in [3.05, 3.63) is 18.2 Å². The van der Waals surface area contributed by atoms with Gasteiger partial charge in [-0.2, -0.15) is 0 Å². The van der Waals surface area contributed by atoms with Crippen molar-refractivity contribution in [1.29, 1.82) is 0 Å². The minimum Gasteiger partial charge on any atom is -0.486 e. The van der Waals surface area contributed by atoms with Gasteiger partial charge in [-0.05, 0) is 12.1 Å². The van der Waals surface area contributed by atoms with Gasteiger partial charge >= 0.3 is 0 Å². The van der Waals surface area contributed by atoms with E-state index < -0.39 is 15.9 Å². The van der Waals surface area contributed by atoms with Gasteiger partial charge in [0.25, 0.3) is 0 Å². The van der Waals surface area contributed by atoms with E-state index in [1.54, 1.807) is 13.0 Å². The number of fused-ring (bicyclic) bond motifs is 1. The van der Waals surface area contributed by atoms with Crippen LogP contribution in [0, 0.1) is 5.92 Å². The Kier molecular flexibility index (Phi) is 4.53. The molecule has 4 N–H and O–H groups in total. The summed E-state index contributed by atoms with van der Waals surface area (Å²) in [6.45, 7) is 2.48. The summed E-state index contributed by atoms with van der Waals surface area (Å²) in [7, 11) is -3.71. The molecule has 116 valence electrons. The predicted octanol–water partition coefficient (Wildman–Crippen LogP) is 0.119. The Labute approximate surface area is 122 Å². The van der Waals surface area contributed by atoms with E-state index in [1.807, 2.05) is 0 Å². The molecule has 0 saturated heterocycles. The minimum absolute atomic E-state index is 0.0205.